The van der Waals surface area contributed by atoms with Gasteiger partial charge in [0.15, 0.2) is 11.6 Å². The van der Waals surface area contributed by atoms with Crippen molar-refractivity contribution >= 4 is 97.1 Å². The molecule has 0 N–H and O–H groups in total. The van der Waals surface area contributed by atoms with Crippen LogP contribution in [0.3, 0.4) is 0 Å². The van der Waals surface area contributed by atoms with Gasteiger partial charge in [-0.2, -0.15) is 0 Å². The number of benzene rings is 7. The molecule has 0 aliphatic carbocycles. The number of fused-ring (bicyclic) bond motifs is 13. The average molecular weight is 759 g/mol. The van der Waals surface area contributed by atoms with Crippen molar-refractivity contribution in [3.63, 3.8) is 0 Å². The highest BCUT2D eigenvalue weighted by molar-refractivity contribution is 7.26. The monoisotopic (exact) mass is 758 g/mol. The average Bonchev–Trinajstić information content (AvgIpc) is 4.01. The van der Waals surface area contributed by atoms with E-state index >= 15 is 0 Å². The predicted molar refractivity (Wildman–Crippen MR) is 248 cm³/mol. The lowest BCUT2D eigenvalue weighted by Gasteiger charge is -2.11. The fourth-order valence-electron chi connectivity index (χ4n) is 9.28. The van der Waals surface area contributed by atoms with Gasteiger partial charge in [0.25, 0.3) is 0 Å². The SMILES string of the molecule is C=C/C=C(\C=C/C)c1ccc2c(c1)c1c3c4ccccc4n4c5cc(-c6ccccc6)ccc5c(cc1n2-c1nc(-c2ccccc2)nc2c1sc1ccccc12)c34. The molecule has 0 amide bonds. The Morgan fingerprint density at radius 2 is 1.34 bits per heavy atom. The van der Waals surface area contributed by atoms with Crippen LogP contribution < -0.4 is 0 Å². The molecule has 5 heterocycles. The Labute approximate surface area is 337 Å². The summed E-state index contributed by atoms with van der Waals surface area (Å²) < 4.78 is 7.18. The molecule has 0 aliphatic heterocycles. The van der Waals surface area contributed by atoms with E-state index in [0.29, 0.717) is 5.82 Å². The van der Waals surface area contributed by atoms with Crippen LogP contribution in [0.15, 0.2) is 183 Å². The van der Waals surface area contributed by atoms with E-state index in [9.17, 15) is 0 Å². The van der Waals surface area contributed by atoms with Gasteiger partial charge in [-0.25, -0.2) is 9.97 Å². The van der Waals surface area contributed by atoms with E-state index in [0.717, 1.165) is 49.2 Å². The first-order chi connectivity index (χ1) is 28.7. The number of para-hydroxylation sites is 1. The lowest BCUT2D eigenvalue weighted by Crippen LogP contribution is -2.01. The normalized spacial score (nSPS) is 12.7. The molecule has 4 nitrogen and oxygen atoms in total. The largest absolute Gasteiger partial charge is 0.308 e. The molecule has 0 spiro atoms. The number of allylic oxidation sites excluding steroid dienone is 5. The summed E-state index contributed by atoms with van der Waals surface area (Å²) >= 11 is 1.77. The van der Waals surface area contributed by atoms with E-state index in [4.69, 9.17) is 9.97 Å². The van der Waals surface area contributed by atoms with Gasteiger partial charge in [-0.3, -0.25) is 4.57 Å². The lowest BCUT2D eigenvalue weighted by molar-refractivity contribution is 1.08. The summed E-state index contributed by atoms with van der Waals surface area (Å²) in [6.45, 7) is 6.12. The molecule has 0 radical (unpaired) electrons. The minimum Gasteiger partial charge on any atom is -0.308 e. The van der Waals surface area contributed by atoms with Crippen LogP contribution in [0.1, 0.15) is 12.5 Å². The molecule has 0 saturated carbocycles. The third-order valence-electron chi connectivity index (χ3n) is 11.7. The van der Waals surface area contributed by atoms with Crippen molar-refractivity contribution < 1.29 is 0 Å². The third-order valence-corrected chi connectivity index (χ3v) is 12.9. The second-order valence-corrected chi connectivity index (χ2v) is 16.0. The Bertz CT molecular complexity index is 3690. The van der Waals surface area contributed by atoms with Crippen molar-refractivity contribution in [1.29, 1.82) is 0 Å². The smallest absolute Gasteiger partial charge is 0.162 e. The second-order valence-electron chi connectivity index (χ2n) is 14.9. The van der Waals surface area contributed by atoms with Gasteiger partial charge < -0.3 is 4.40 Å². The molecule has 0 aliphatic rings. The molecule has 0 fully saturated rings. The zero-order valence-electron chi connectivity index (χ0n) is 31.6. The number of rotatable bonds is 6. The first-order valence-corrected chi connectivity index (χ1v) is 20.5. The van der Waals surface area contributed by atoms with Crippen molar-refractivity contribution in [3.05, 3.63) is 188 Å². The molecule has 0 atom stereocenters. The Morgan fingerprint density at radius 1 is 0.586 bits per heavy atom. The van der Waals surface area contributed by atoms with Crippen molar-refractivity contribution in [1.82, 2.24) is 18.9 Å². The second kappa shape index (κ2) is 12.6. The minimum atomic E-state index is 0.712. The van der Waals surface area contributed by atoms with Crippen molar-refractivity contribution in [2.24, 2.45) is 0 Å². The summed E-state index contributed by atoms with van der Waals surface area (Å²) in [4.78, 5) is 10.8. The van der Waals surface area contributed by atoms with Crippen molar-refractivity contribution in [3.8, 4) is 28.3 Å². The number of aromatic nitrogens is 4. The summed E-state index contributed by atoms with van der Waals surface area (Å²) in [7, 11) is 0. The van der Waals surface area contributed by atoms with Crippen molar-refractivity contribution in [2.75, 3.05) is 0 Å². The van der Waals surface area contributed by atoms with Crippen LogP contribution >= 0.6 is 11.3 Å². The van der Waals surface area contributed by atoms with Gasteiger partial charge in [0.1, 0.15) is 0 Å². The molecule has 12 rings (SSSR count). The van der Waals surface area contributed by atoms with Crippen LogP contribution in [0.4, 0.5) is 0 Å². The highest BCUT2D eigenvalue weighted by Crippen LogP contribution is 2.48. The zero-order chi connectivity index (χ0) is 38.5. The Balaban J connectivity index is 1.30. The quantitative estimate of drug-likeness (QED) is 0.158. The summed E-state index contributed by atoms with van der Waals surface area (Å²) in [5, 5.41) is 8.48. The fraction of sp³-hybridized carbons (Fsp3) is 0.0189. The molecule has 7 aromatic carbocycles. The van der Waals surface area contributed by atoms with E-state index < -0.39 is 0 Å². The topological polar surface area (TPSA) is 35.1 Å². The Morgan fingerprint density at radius 3 is 2.16 bits per heavy atom. The van der Waals surface area contributed by atoms with Crippen LogP contribution in [-0.2, 0) is 0 Å². The van der Waals surface area contributed by atoms with Crippen LogP contribution in [0.2, 0.25) is 0 Å². The van der Waals surface area contributed by atoms with Crippen LogP contribution in [-0.4, -0.2) is 18.9 Å². The van der Waals surface area contributed by atoms with E-state index in [1.54, 1.807) is 11.3 Å². The van der Waals surface area contributed by atoms with Gasteiger partial charge in [0, 0.05) is 48.0 Å². The van der Waals surface area contributed by atoms with E-state index in [-0.39, 0.29) is 0 Å². The molecule has 272 valence electrons. The maximum atomic E-state index is 5.53. The van der Waals surface area contributed by atoms with Gasteiger partial charge in [0.05, 0.1) is 37.8 Å². The first-order valence-electron chi connectivity index (χ1n) is 19.7. The van der Waals surface area contributed by atoms with Gasteiger partial charge >= 0.3 is 0 Å². The van der Waals surface area contributed by atoms with Crippen molar-refractivity contribution in [2.45, 2.75) is 6.92 Å². The maximum Gasteiger partial charge on any atom is 0.162 e. The van der Waals surface area contributed by atoms with Gasteiger partial charge in [-0.15, -0.1) is 11.3 Å². The maximum absolute atomic E-state index is 5.53. The first kappa shape index (κ1) is 32.9. The predicted octanol–water partition coefficient (Wildman–Crippen LogP) is 14.6. The molecule has 0 bridgehead atoms. The number of nitrogens with zero attached hydrogens (tertiary/aromatic N) is 4. The fourth-order valence-corrected chi connectivity index (χ4v) is 10.4. The molecule has 12 aromatic rings. The molecule has 58 heavy (non-hydrogen) atoms. The minimum absolute atomic E-state index is 0.712. The lowest BCUT2D eigenvalue weighted by atomic mass is 9.98. The number of hydrogen-bond acceptors (Lipinski definition) is 3. The number of thiophene rings is 1. The highest BCUT2D eigenvalue weighted by atomic mass is 32.1. The zero-order valence-corrected chi connectivity index (χ0v) is 32.5. The van der Waals surface area contributed by atoms with Gasteiger partial charge in [-0.1, -0.05) is 146 Å². The molecule has 5 aromatic heterocycles. The Hall–Kier alpha value is -7.34. The molecule has 5 heteroatoms. The highest BCUT2D eigenvalue weighted by Gasteiger charge is 2.27. The number of hydrogen-bond donors (Lipinski definition) is 0. The standard InChI is InChI=1S/C53H34N4S/c1-3-15-32(16-4-2)35-26-28-43-41(29-35)47-45(57(43)53-51-49(39-22-12-14-24-46(39)58-51)54-52(55-53)34-19-9-6-10-20-34)31-40-37-27-25-36(33-17-7-5-8-18-33)30-44(37)56-42-23-13-11-21-38(42)48(47)50(40)56/h3-31H,1H2,2H3/b16-4-,32-15+. The third kappa shape index (κ3) is 4.62. The van der Waals surface area contributed by atoms with Crippen LogP contribution in [0.5, 0.6) is 0 Å². The van der Waals surface area contributed by atoms with E-state index in [1.165, 1.54) is 64.7 Å². The molecular weight excluding hydrogens is 725 g/mol. The van der Waals surface area contributed by atoms with Gasteiger partial charge in [-0.05, 0) is 65.6 Å². The van der Waals surface area contributed by atoms with Crippen LogP contribution in [0.25, 0.3) is 114 Å². The summed E-state index contributed by atoms with van der Waals surface area (Å²) in [6, 6.07) is 54.8. The van der Waals surface area contributed by atoms with E-state index in [1.807, 2.05) is 12.1 Å². The van der Waals surface area contributed by atoms with Crippen LogP contribution in [0, 0.1) is 0 Å². The molecule has 0 saturated heterocycles. The summed E-state index contributed by atoms with van der Waals surface area (Å²) in [5.74, 6) is 1.60. The summed E-state index contributed by atoms with van der Waals surface area (Å²) in [5.41, 5.74) is 12.5. The Kier molecular flexibility index (Phi) is 7.13. The van der Waals surface area contributed by atoms with Gasteiger partial charge in [0.2, 0.25) is 0 Å². The molecular formula is C53H34N4S. The van der Waals surface area contributed by atoms with E-state index in [2.05, 4.69) is 186 Å². The molecule has 0 unspecified atom stereocenters. The summed E-state index contributed by atoms with van der Waals surface area (Å²) in [6.07, 6.45) is 8.21.